The molecule has 0 aromatic rings. The second-order valence-electron chi connectivity index (χ2n) is 7.15. The van der Waals surface area contributed by atoms with Gasteiger partial charge in [0.1, 0.15) is 12.1 Å². The van der Waals surface area contributed by atoms with Gasteiger partial charge in [-0.2, -0.15) is 0 Å². The van der Waals surface area contributed by atoms with Crippen LogP contribution in [0.2, 0.25) is 0 Å². The van der Waals surface area contributed by atoms with Gasteiger partial charge in [-0.3, -0.25) is 14.4 Å². The molecule has 0 unspecified atom stereocenters. The van der Waals surface area contributed by atoms with Crippen LogP contribution in [0.3, 0.4) is 0 Å². The number of likely N-dealkylation sites (N-methyl/N-ethyl adjacent to an activating group) is 1. The van der Waals surface area contributed by atoms with Gasteiger partial charge in [-0.1, -0.05) is 0 Å². The molecule has 1 aliphatic heterocycles. The number of amides is 2. The largest absolute Gasteiger partial charge is 0.480 e. The van der Waals surface area contributed by atoms with Crippen molar-refractivity contribution in [3.05, 3.63) is 0 Å². The molecule has 0 aromatic heterocycles. The lowest BCUT2D eigenvalue weighted by Gasteiger charge is -2.31. The number of carboxylic acids is 1. The van der Waals surface area contributed by atoms with E-state index in [0.29, 0.717) is 52.0 Å². The molecule has 25 heavy (non-hydrogen) atoms. The van der Waals surface area contributed by atoms with Crippen LogP contribution >= 0.6 is 0 Å². The third-order valence-corrected chi connectivity index (χ3v) is 5.12. The SMILES string of the molecule is CN1CCN(CC(=O)O)C(=O)CCCN(C(=O)C2(O)CCCC2)CC1. The molecule has 2 N–H and O–H groups in total. The molecule has 2 fully saturated rings. The van der Waals surface area contributed by atoms with Gasteiger partial charge in [0.15, 0.2) is 0 Å². The highest BCUT2D eigenvalue weighted by molar-refractivity contribution is 5.85. The Morgan fingerprint density at radius 3 is 2.32 bits per heavy atom. The molecule has 2 rings (SSSR count). The van der Waals surface area contributed by atoms with E-state index >= 15 is 0 Å². The first-order valence-electron chi connectivity index (χ1n) is 9.02. The van der Waals surface area contributed by atoms with Gasteiger partial charge < -0.3 is 24.9 Å². The number of aliphatic hydroxyl groups is 1. The van der Waals surface area contributed by atoms with Gasteiger partial charge in [0.25, 0.3) is 5.91 Å². The number of carbonyl (C=O) groups is 3. The number of carboxylic acid groups (broad SMARTS) is 1. The highest BCUT2D eigenvalue weighted by Gasteiger charge is 2.41. The third-order valence-electron chi connectivity index (χ3n) is 5.12. The van der Waals surface area contributed by atoms with Crippen molar-refractivity contribution in [1.29, 1.82) is 0 Å². The summed E-state index contributed by atoms with van der Waals surface area (Å²) in [6.07, 6.45) is 3.41. The van der Waals surface area contributed by atoms with Crippen LogP contribution in [0.1, 0.15) is 38.5 Å². The van der Waals surface area contributed by atoms with Crippen molar-refractivity contribution in [2.24, 2.45) is 0 Å². The third kappa shape index (κ3) is 5.40. The molecule has 2 amide bonds. The summed E-state index contributed by atoms with van der Waals surface area (Å²) in [7, 11) is 1.88. The number of rotatable bonds is 3. The molecule has 0 atom stereocenters. The van der Waals surface area contributed by atoms with Gasteiger partial charge in [-0.25, -0.2) is 0 Å². The van der Waals surface area contributed by atoms with Crippen molar-refractivity contribution >= 4 is 17.8 Å². The predicted molar refractivity (Wildman–Crippen MR) is 90.9 cm³/mol. The second kappa shape index (κ2) is 8.62. The van der Waals surface area contributed by atoms with E-state index in [9.17, 15) is 19.5 Å². The highest BCUT2D eigenvalue weighted by atomic mass is 16.4. The molecule has 1 saturated heterocycles. The first-order valence-corrected chi connectivity index (χ1v) is 9.02. The summed E-state index contributed by atoms with van der Waals surface area (Å²) in [5, 5.41) is 19.5. The molecule has 1 saturated carbocycles. The Hall–Kier alpha value is -1.67. The van der Waals surface area contributed by atoms with Crippen LogP contribution in [0.25, 0.3) is 0 Å². The summed E-state index contributed by atoms with van der Waals surface area (Å²) in [6.45, 7) is 2.14. The molecule has 0 spiro atoms. The second-order valence-corrected chi connectivity index (χ2v) is 7.15. The van der Waals surface area contributed by atoms with Gasteiger partial charge in [0.05, 0.1) is 0 Å². The minimum Gasteiger partial charge on any atom is -0.480 e. The van der Waals surface area contributed by atoms with Crippen LogP contribution in [0.4, 0.5) is 0 Å². The fourth-order valence-corrected chi connectivity index (χ4v) is 3.51. The number of aliphatic carboxylic acids is 1. The highest BCUT2D eigenvalue weighted by Crippen LogP contribution is 2.31. The van der Waals surface area contributed by atoms with Gasteiger partial charge in [0.2, 0.25) is 5.91 Å². The topological polar surface area (TPSA) is 101 Å². The maximum atomic E-state index is 12.8. The van der Waals surface area contributed by atoms with Gasteiger partial charge >= 0.3 is 5.97 Å². The molecule has 2 aliphatic rings. The van der Waals surface area contributed by atoms with Crippen molar-refractivity contribution in [1.82, 2.24) is 14.7 Å². The minimum atomic E-state index is -1.25. The van der Waals surface area contributed by atoms with Crippen molar-refractivity contribution in [3.63, 3.8) is 0 Å². The van der Waals surface area contributed by atoms with Crippen LogP contribution in [0.15, 0.2) is 0 Å². The van der Waals surface area contributed by atoms with E-state index in [1.54, 1.807) is 4.90 Å². The van der Waals surface area contributed by atoms with E-state index in [-0.39, 0.29) is 24.8 Å². The summed E-state index contributed by atoms with van der Waals surface area (Å²) in [6, 6.07) is 0. The first-order chi connectivity index (χ1) is 11.8. The zero-order valence-corrected chi connectivity index (χ0v) is 14.9. The lowest BCUT2D eigenvalue weighted by molar-refractivity contribution is -0.151. The molecule has 1 heterocycles. The number of nitrogens with zero attached hydrogens (tertiary/aromatic N) is 3. The van der Waals surface area contributed by atoms with Crippen molar-refractivity contribution in [2.45, 2.75) is 44.1 Å². The van der Waals surface area contributed by atoms with Gasteiger partial charge in [0, 0.05) is 39.1 Å². The summed E-state index contributed by atoms with van der Waals surface area (Å²) >= 11 is 0. The van der Waals surface area contributed by atoms with E-state index < -0.39 is 11.6 Å². The summed E-state index contributed by atoms with van der Waals surface area (Å²) in [5.41, 5.74) is -1.25. The maximum absolute atomic E-state index is 12.8. The van der Waals surface area contributed by atoms with Crippen LogP contribution in [0, 0.1) is 0 Å². The fourth-order valence-electron chi connectivity index (χ4n) is 3.51. The summed E-state index contributed by atoms with van der Waals surface area (Å²) in [5.74, 6) is -1.46. The van der Waals surface area contributed by atoms with Crippen molar-refractivity contribution in [2.75, 3.05) is 46.3 Å². The molecular formula is C17H29N3O5. The maximum Gasteiger partial charge on any atom is 0.323 e. The van der Waals surface area contributed by atoms with Crippen LogP contribution in [0.5, 0.6) is 0 Å². The monoisotopic (exact) mass is 355 g/mol. The lowest BCUT2D eigenvalue weighted by Crippen LogP contribution is -2.49. The van der Waals surface area contributed by atoms with Crippen molar-refractivity contribution in [3.8, 4) is 0 Å². The molecule has 142 valence electrons. The van der Waals surface area contributed by atoms with E-state index in [2.05, 4.69) is 0 Å². The standard InChI is InChI=1S/C17H29N3O5/c1-18-9-11-19(16(24)17(25)6-2-3-7-17)8-4-5-14(21)20(12-10-18)13-15(22)23/h25H,2-13H2,1H3,(H,22,23). The zero-order chi connectivity index (χ0) is 18.4. The Balaban J connectivity index is 2.03. The van der Waals surface area contributed by atoms with Crippen molar-refractivity contribution < 1.29 is 24.6 Å². The Bertz CT molecular complexity index is 505. The molecule has 8 heteroatoms. The Morgan fingerprint density at radius 2 is 1.68 bits per heavy atom. The lowest BCUT2D eigenvalue weighted by atomic mass is 10.0. The summed E-state index contributed by atoms with van der Waals surface area (Å²) < 4.78 is 0. The quantitative estimate of drug-likeness (QED) is 0.724. The van der Waals surface area contributed by atoms with E-state index in [0.717, 1.165) is 12.8 Å². The molecular weight excluding hydrogens is 326 g/mol. The first kappa shape index (κ1) is 19.7. The van der Waals surface area contributed by atoms with Crippen LogP contribution in [-0.2, 0) is 14.4 Å². The molecule has 0 bridgehead atoms. The molecule has 0 aromatic carbocycles. The fraction of sp³-hybridized carbons (Fsp3) is 0.824. The minimum absolute atomic E-state index is 0.204. The average molecular weight is 355 g/mol. The number of hydrogen-bond acceptors (Lipinski definition) is 5. The Morgan fingerprint density at radius 1 is 1.04 bits per heavy atom. The normalized spacial score (nSPS) is 23.4. The zero-order valence-electron chi connectivity index (χ0n) is 14.9. The Kier molecular flexibility index (Phi) is 6.78. The predicted octanol–water partition coefficient (Wildman–Crippen LogP) is -0.241. The molecule has 8 nitrogen and oxygen atoms in total. The van der Waals surface area contributed by atoms with E-state index in [4.69, 9.17) is 5.11 Å². The van der Waals surface area contributed by atoms with Gasteiger partial charge in [-0.05, 0) is 39.2 Å². The van der Waals surface area contributed by atoms with E-state index in [1.807, 2.05) is 11.9 Å². The van der Waals surface area contributed by atoms with Crippen LogP contribution in [-0.4, -0.2) is 94.6 Å². The van der Waals surface area contributed by atoms with Crippen LogP contribution < -0.4 is 0 Å². The molecule has 0 radical (unpaired) electrons. The van der Waals surface area contributed by atoms with Gasteiger partial charge in [-0.15, -0.1) is 0 Å². The van der Waals surface area contributed by atoms with E-state index in [1.165, 1.54) is 4.90 Å². The summed E-state index contributed by atoms with van der Waals surface area (Å²) in [4.78, 5) is 41.0. The smallest absolute Gasteiger partial charge is 0.323 e. The number of hydrogen-bond donors (Lipinski definition) is 2. The number of carbonyl (C=O) groups excluding carboxylic acids is 2. The average Bonchev–Trinajstić information content (AvgIpc) is 2.99. The Labute approximate surface area is 148 Å². The molecule has 1 aliphatic carbocycles.